The lowest BCUT2D eigenvalue weighted by molar-refractivity contribution is -0.150. The average Bonchev–Trinajstić information content (AvgIpc) is 3.32. The summed E-state index contributed by atoms with van der Waals surface area (Å²) in [6, 6.07) is 8.93. The van der Waals surface area contributed by atoms with Crippen molar-refractivity contribution in [2.45, 2.75) is 76.4 Å². The Hall–Kier alpha value is -2.41. The van der Waals surface area contributed by atoms with E-state index in [2.05, 4.69) is 22.8 Å². The fourth-order valence-corrected chi connectivity index (χ4v) is 5.93. The minimum Gasteiger partial charge on any atom is -0.343 e. The molecule has 1 saturated carbocycles. The number of likely N-dealkylation sites (N-methyl/N-ethyl adjacent to an activating group) is 1. The maximum absolute atomic E-state index is 13.9. The first kappa shape index (κ1) is 24.7. The van der Waals surface area contributed by atoms with Gasteiger partial charge in [-0.25, -0.2) is 0 Å². The number of hydrogen-bond acceptors (Lipinski definition) is 4. The van der Waals surface area contributed by atoms with Gasteiger partial charge in [-0.15, -0.1) is 0 Å². The fourth-order valence-electron chi connectivity index (χ4n) is 5.93. The Labute approximate surface area is 203 Å². The van der Waals surface area contributed by atoms with E-state index in [0.29, 0.717) is 13.1 Å². The number of benzene rings is 1. The summed E-state index contributed by atoms with van der Waals surface area (Å²) in [5.74, 6) is 0.232. The Morgan fingerprint density at radius 1 is 1.03 bits per heavy atom. The van der Waals surface area contributed by atoms with Gasteiger partial charge in [0, 0.05) is 19.6 Å². The van der Waals surface area contributed by atoms with Gasteiger partial charge in [0.1, 0.15) is 12.1 Å². The summed E-state index contributed by atoms with van der Waals surface area (Å²) in [4.78, 5) is 43.9. The molecule has 34 heavy (non-hydrogen) atoms. The maximum atomic E-state index is 13.9. The van der Waals surface area contributed by atoms with Crippen LogP contribution in [-0.2, 0) is 20.8 Å². The number of likely N-dealkylation sites (tertiary alicyclic amines) is 2. The van der Waals surface area contributed by atoms with E-state index in [-0.39, 0.29) is 41.6 Å². The molecule has 4 rings (SSSR count). The number of rotatable bonds is 8. The second kappa shape index (κ2) is 11.3. The minimum absolute atomic E-state index is 0.0608. The molecule has 7 heteroatoms. The van der Waals surface area contributed by atoms with Crippen molar-refractivity contribution in [2.75, 3.05) is 26.7 Å². The number of carbonyl (C=O) groups is 3. The summed E-state index contributed by atoms with van der Waals surface area (Å²) in [6.07, 6.45) is 7.88. The van der Waals surface area contributed by atoms with Crippen LogP contribution in [0.4, 0.5) is 0 Å². The molecule has 2 N–H and O–H groups in total. The highest BCUT2D eigenvalue weighted by atomic mass is 16.2. The summed E-state index contributed by atoms with van der Waals surface area (Å²) < 4.78 is 0. The van der Waals surface area contributed by atoms with Crippen molar-refractivity contribution in [3.05, 3.63) is 35.9 Å². The van der Waals surface area contributed by atoms with Crippen LogP contribution in [-0.4, -0.2) is 72.3 Å². The van der Waals surface area contributed by atoms with Gasteiger partial charge in [-0.3, -0.25) is 14.4 Å². The standard InChI is InChI=1S/C27H40N4O3/c1-19(28-2)25(32)29-23(21-11-7-4-8-12-21)26(33)31-18-15-22-14-17-30(27(34)24(22)31)16-13-20-9-5-3-6-10-20/h3,5-6,9-10,19,21-24,28H,4,7-8,11-18H2,1-2H3,(H,29,32)/t19-,22+,23-,24-/m0/s1. The quantitative estimate of drug-likeness (QED) is 0.614. The summed E-state index contributed by atoms with van der Waals surface area (Å²) >= 11 is 0. The zero-order chi connectivity index (χ0) is 24.1. The fraction of sp³-hybridized carbons (Fsp3) is 0.667. The van der Waals surface area contributed by atoms with Crippen molar-refractivity contribution in [1.29, 1.82) is 0 Å². The molecule has 0 unspecified atom stereocenters. The van der Waals surface area contributed by atoms with Crippen molar-refractivity contribution in [3.8, 4) is 0 Å². The van der Waals surface area contributed by atoms with E-state index in [4.69, 9.17) is 0 Å². The maximum Gasteiger partial charge on any atom is 0.246 e. The van der Waals surface area contributed by atoms with Crippen LogP contribution in [0.2, 0.25) is 0 Å². The van der Waals surface area contributed by atoms with E-state index >= 15 is 0 Å². The molecule has 0 spiro atoms. The molecular formula is C27H40N4O3. The molecule has 4 atom stereocenters. The molecule has 0 radical (unpaired) electrons. The van der Waals surface area contributed by atoms with Crippen molar-refractivity contribution in [2.24, 2.45) is 11.8 Å². The highest BCUT2D eigenvalue weighted by Crippen LogP contribution is 2.35. The first-order valence-corrected chi connectivity index (χ1v) is 13.1. The molecule has 3 fully saturated rings. The molecule has 2 saturated heterocycles. The number of piperidine rings is 1. The van der Waals surface area contributed by atoms with Gasteiger partial charge in [0.05, 0.1) is 6.04 Å². The molecular weight excluding hydrogens is 428 g/mol. The first-order chi connectivity index (χ1) is 16.5. The zero-order valence-corrected chi connectivity index (χ0v) is 20.7. The SMILES string of the molecule is CN[C@@H](C)C(=O)N[C@H](C(=O)N1CC[C@H]2CCN(CCc3ccccc3)C(=O)[C@H]21)C1CCCCC1. The molecule has 3 amide bonds. The Morgan fingerprint density at radius 2 is 1.74 bits per heavy atom. The number of hydrogen-bond donors (Lipinski definition) is 2. The Kier molecular flexibility index (Phi) is 8.24. The van der Waals surface area contributed by atoms with Crippen LogP contribution in [0, 0.1) is 11.8 Å². The predicted octanol–water partition coefficient (Wildman–Crippen LogP) is 2.35. The zero-order valence-electron chi connectivity index (χ0n) is 20.7. The Bertz CT molecular complexity index is 855. The van der Waals surface area contributed by atoms with E-state index < -0.39 is 6.04 Å². The third kappa shape index (κ3) is 5.45. The summed E-state index contributed by atoms with van der Waals surface area (Å²) in [5, 5.41) is 6.03. The van der Waals surface area contributed by atoms with E-state index in [1.54, 1.807) is 14.0 Å². The summed E-state index contributed by atoms with van der Waals surface area (Å²) in [7, 11) is 1.75. The molecule has 0 aromatic heterocycles. The monoisotopic (exact) mass is 468 g/mol. The second-order valence-electron chi connectivity index (χ2n) is 10.3. The lowest BCUT2D eigenvalue weighted by Gasteiger charge is -2.40. The van der Waals surface area contributed by atoms with Gasteiger partial charge < -0.3 is 20.4 Å². The van der Waals surface area contributed by atoms with Gasteiger partial charge in [-0.2, -0.15) is 0 Å². The summed E-state index contributed by atoms with van der Waals surface area (Å²) in [6.45, 7) is 3.85. The van der Waals surface area contributed by atoms with Crippen LogP contribution in [0.1, 0.15) is 57.4 Å². The summed E-state index contributed by atoms with van der Waals surface area (Å²) in [5.41, 5.74) is 1.22. The van der Waals surface area contributed by atoms with Crippen molar-refractivity contribution in [1.82, 2.24) is 20.4 Å². The van der Waals surface area contributed by atoms with Crippen LogP contribution in [0.5, 0.6) is 0 Å². The van der Waals surface area contributed by atoms with Gasteiger partial charge >= 0.3 is 0 Å². The van der Waals surface area contributed by atoms with Crippen LogP contribution in [0.25, 0.3) is 0 Å². The van der Waals surface area contributed by atoms with E-state index in [0.717, 1.165) is 51.5 Å². The number of nitrogens with one attached hydrogen (secondary N) is 2. The molecule has 1 aromatic rings. The topological polar surface area (TPSA) is 81.8 Å². The van der Waals surface area contributed by atoms with Crippen LogP contribution >= 0.6 is 0 Å². The molecule has 0 bridgehead atoms. The minimum atomic E-state index is -0.546. The highest BCUT2D eigenvalue weighted by molar-refractivity contribution is 5.94. The van der Waals surface area contributed by atoms with Gasteiger partial charge in [0.15, 0.2) is 0 Å². The van der Waals surface area contributed by atoms with Gasteiger partial charge in [-0.05, 0) is 63.5 Å². The van der Waals surface area contributed by atoms with Gasteiger partial charge in [0.25, 0.3) is 0 Å². The Balaban J connectivity index is 1.47. The number of amides is 3. The van der Waals surface area contributed by atoms with Crippen LogP contribution < -0.4 is 10.6 Å². The third-order valence-electron chi connectivity index (χ3n) is 8.17. The van der Waals surface area contributed by atoms with Crippen LogP contribution in [0.15, 0.2) is 30.3 Å². The predicted molar refractivity (Wildman–Crippen MR) is 132 cm³/mol. The van der Waals surface area contributed by atoms with Crippen molar-refractivity contribution >= 4 is 17.7 Å². The van der Waals surface area contributed by atoms with Gasteiger partial charge in [-0.1, -0.05) is 49.6 Å². The lowest BCUT2D eigenvalue weighted by Crippen LogP contribution is -2.60. The first-order valence-electron chi connectivity index (χ1n) is 13.1. The molecule has 1 aromatic carbocycles. The normalized spacial score (nSPS) is 25.1. The number of fused-ring (bicyclic) bond motifs is 1. The molecule has 2 aliphatic heterocycles. The van der Waals surface area contributed by atoms with Crippen LogP contribution in [0.3, 0.4) is 0 Å². The van der Waals surface area contributed by atoms with Gasteiger partial charge in [0.2, 0.25) is 17.7 Å². The highest BCUT2D eigenvalue weighted by Gasteiger charge is 2.48. The molecule has 3 aliphatic rings. The van der Waals surface area contributed by atoms with Crippen molar-refractivity contribution in [3.63, 3.8) is 0 Å². The average molecular weight is 469 g/mol. The smallest absolute Gasteiger partial charge is 0.246 e. The number of nitrogens with zero attached hydrogens (tertiary/aromatic N) is 2. The molecule has 7 nitrogen and oxygen atoms in total. The lowest BCUT2D eigenvalue weighted by atomic mass is 9.83. The van der Waals surface area contributed by atoms with Crippen molar-refractivity contribution < 1.29 is 14.4 Å². The van der Waals surface area contributed by atoms with E-state index in [1.165, 1.54) is 12.0 Å². The second-order valence-corrected chi connectivity index (χ2v) is 10.3. The third-order valence-corrected chi connectivity index (χ3v) is 8.17. The number of carbonyl (C=O) groups excluding carboxylic acids is 3. The van der Waals surface area contributed by atoms with E-state index in [1.807, 2.05) is 28.0 Å². The molecule has 1 aliphatic carbocycles. The Morgan fingerprint density at radius 3 is 2.44 bits per heavy atom. The van der Waals surface area contributed by atoms with E-state index in [9.17, 15) is 14.4 Å². The molecule has 2 heterocycles. The largest absolute Gasteiger partial charge is 0.343 e. The molecule has 186 valence electrons.